The molecule has 0 fully saturated rings. The van der Waals surface area contributed by atoms with Crippen LogP contribution in [0, 0.1) is 0 Å². The van der Waals surface area contributed by atoms with Crippen molar-refractivity contribution in [2.24, 2.45) is 0 Å². The molecule has 15 heavy (non-hydrogen) atoms. The number of aryl methyl sites for hydroxylation is 3. The molecule has 0 saturated heterocycles. The predicted octanol–water partition coefficient (Wildman–Crippen LogP) is 1.55. The molecular formula is C11H14N4. The van der Waals surface area contributed by atoms with Crippen LogP contribution in [0.4, 0.5) is 0 Å². The third-order valence-electron chi connectivity index (χ3n) is 2.46. The summed E-state index contributed by atoms with van der Waals surface area (Å²) in [6.07, 6.45) is 2.89. The molecule has 1 heterocycles. The van der Waals surface area contributed by atoms with Gasteiger partial charge in [0.1, 0.15) is 0 Å². The number of tetrazole rings is 1. The van der Waals surface area contributed by atoms with Crippen molar-refractivity contribution >= 4 is 0 Å². The molecule has 1 N–H and O–H groups in total. The highest BCUT2D eigenvalue weighted by atomic mass is 15.5. The van der Waals surface area contributed by atoms with Crippen molar-refractivity contribution in [2.45, 2.75) is 26.2 Å². The van der Waals surface area contributed by atoms with E-state index in [1.807, 2.05) is 0 Å². The molecule has 0 unspecified atom stereocenters. The Kier molecular flexibility index (Phi) is 3.07. The van der Waals surface area contributed by atoms with Crippen molar-refractivity contribution in [3.05, 3.63) is 41.2 Å². The van der Waals surface area contributed by atoms with E-state index in [0.29, 0.717) is 0 Å². The number of nitrogens with one attached hydrogen (secondary N) is 1. The van der Waals surface area contributed by atoms with Gasteiger partial charge in [0.15, 0.2) is 5.82 Å². The lowest BCUT2D eigenvalue weighted by molar-refractivity contribution is 0.863. The molecule has 2 aromatic rings. The molecule has 1 aromatic heterocycles. The molecule has 0 spiro atoms. The van der Waals surface area contributed by atoms with Gasteiger partial charge in [-0.2, -0.15) is 5.21 Å². The quantitative estimate of drug-likeness (QED) is 0.818. The Morgan fingerprint density at radius 1 is 1.07 bits per heavy atom. The maximum absolute atomic E-state index is 3.92. The van der Waals surface area contributed by atoms with Gasteiger partial charge in [-0.3, -0.25) is 0 Å². The number of benzene rings is 1. The van der Waals surface area contributed by atoms with Crippen molar-refractivity contribution in [3.8, 4) is 0 Å². The SMILES string of the molecule is CCc1ccc(CCc2nn[nH]n2)cc1. The molecule has 0 bridgehead atoms. The van der Waals surface area contributed by atoms with Crippen molar-refractivity contribution in [2.75, 3.05) is 0 Å². The molecule has 0 aliphatic carbocycles. The largest absolute Gasteiger partial charge is 0.177 e. The highest BCUT2D eigenvalue weighted by Gasteiger charge is 1.99. The third-order valence-corrected chi connectivity index (χ3v) is 2.46. The van der Waals surface area contributed by atoms with Crippen LogP contribution in [0.2, 0.25) is 0 Å². The molecular weight excluding hydrogens is 188 g/mol. The summed E-state index contributed by atoms with van der Waals surface area (Å²) in [5.74, 6) is 0.773. The first-order chi connectivity index (χ1) is 7.38. The van der Waals surface area contributed by atoms with E-state index >= 15 is 0 Å². The molecule has 1 aromatic carbocycles. The van der Waals surface area contributed by atoms with Crippen LogP contribution in [0.15, 0.2) is 24.3 Å². The number of rotatable bonds is 4. The van der Waals surface area contributed by atoms with Gasteiger partial charge in [-0.1, -0.05) is 36.4 Å². The van der Waals surface area contributed by atoms with Crippen molar-refractivity contribution in [1.29, 1.82) is 0 Å². The minimum Gasteiger partial charge on any atom is -0.177 e. The molecule has 78 valence electrons. The number of aromatic nitrogens is 4. The second-order valence-electron chi connectivity index (χ2n) is 3.50. The van der Waals surface area contributed by atoms with Gasteiger partial charge >= 0.3 is 0 Å². The zero-order valence-corrected chi connectivity index (χ0v) is 8.77. The molecule has 0 amide bonds. The summed E-state index contributed by atoms with van der Waals surface area (Å²) >= 11 is 0. The van der Waals surface area contributed by atoms with Gasteiger partial charge < -0.3 is 0 Å². The molecule has 0 aliphatic heterocycles. The van der Waals surface area contributed by atoms with Gasteiger partial charge in [0.2, 0.25) is 0 Å². The van der Waals surface area contributed by atoms with Crippen LogP contribution < -0.4 is 0 Å². The van der Waals surface area contributed by atoms with Gasteiger partial charge in [0.05, 0.1) is 0 Å². The normalized spacial score (nSPS) is 10.5. The molecule has 0 radical (unpaired) electrons. The second kappa shape index (κ2) is 4.68. The standard InChI is InChI=1S/C11H14N4/c1-2-9-3-5-10(6-4-9)7-8-11-12-14-15-13-11/h3-6H,2,7-8H2,1H3,(H,12,13,14,15). The lowest BCUT2D eigenvalue weighted by atomic mass is 10.1. The van der Waals surface area contributed by atoms with Crippen LogP contribution in [0.5, 0.6) is 0 Å². The van der Waals surface area contributed by atoms with Crippen LogP contribution in [0.1, 0.15) is 23.9 Å². The Morgan fingerprint density at radius 3 is 2.40 bits per heavy atom. The first kappa shape index (κ1) is 9.83. The zero-order valence-electron chi connectivity index (χ0n) is 8.77. The maximum Gasteiger partial charge on any atom is 0.174 e. The zero-order chi connectivity index (χ0) is 10.5. The Labute approximate surface area is 88.7 Å². The van der Waals surface area contributed by atoms with E-state index in [0.717, 1.165) is 25.1 Å². The van der Waals surface area contributed by atoms with Crippen LogP contribution in [0.3, 0.4) is 0 Å². The molecule has 4 heteroatoms. The summed E-state index contributed by atoms with van der Waals surface area (Å²) in [5, 5.41) is 13.8. The van der Waals surface area contributed by atoms with E-state index in [9.17, 15) is 0 Å². The summed E-state index contributed by atoms with van der Waals surface area (Å²) in [6.45, 7) is 2.16. The van der Waals surface area contributed by atoms with E-state index in [2.05, 4.69) is 51.8 Å². The molecule has 4 nitrogen and oxygen atoms in total. The first-order valence-electron chi connectivity index (χ1n) is 5.18. The average Bonchev–Trinajstić information content (AvgIpc) is 2.80. The van der Waals surface area contributed by atoms with E-state index in [-0.39, 0.29) is 0 Å². The number of hydrogen-bond acceptors (Lipinski definition) is 3. The Hall–Kier alpha value is -1.71. The van der Waals surface area contributed by atoms with Gasteiger partial charge in [-0.25, -0.2) is 0 Å². The van der Waals surface area contributed by atoms with Gasteiger partial charge in [0, 0.05) is 6.42 Å². The lowest BCUT2D eigenvalue weighted by Crippen LogP contribution is -1.94. The van der Waals surface area contributed by atoms with Crippen LogP contribution >= 0.6 is 0 Å². The smallest absolute Gasteiger partial charge is 0.174 e. The summed E-state index contributed by atoms with van der Waals surface area (Å²) in [6, 6.07) is 8.68. The average molecular weight is 202 g/mol. The van der Waals surface area contributed by atoms with Crippen molar-refractivity contribution in [1.82, 2.24) is 20.6 Å². The monoisotopic (exact) mass is 202 g/mol. The number of aromatic amines is 1. The molecule has 0 atom stereocenters. The number of hydrogen-bond donors (Lipinski definition) is 1. The van der Waals surface area contributed by atoms with E-state index in [1.54, 1.807) is 0 Å². The fourth-order valence-electron chi connectivity index (χ4n) is 1.49. The third kappa shape index (κ3) is 2.62. The summed E-state index contributed by atoms with van der Waals surface area (Å²) < 4.78 is 0. The Balaban J connectivity index is 1.93. The van der Waals surface area contributed by atoms with Gasteiger partial charge in [-0.15, -0.1) is 10.2 Å². The van der Waals surface area contributed by atoms with Crippen LogP contribution in [-0.2, 0) is 19.3 Å². The fraction of sp³-hybridized carbons (Fsp3) is 0.364. The topological polar surface area (TPSA) is 54.5 Å². The van der Waals surface area contributed by atoms with E-state index in [1.165, 1.54) is 11.1 Å². The Bertz CT molecular complexity index is 391. The van der Waals surface area contributed by atoms with Gasteiger partial charge in [-0.05, 0) is 24.0 Å². The van der Waals surface area contributed by atoms with E-state index < -0.39 is 0 Å². The second-order valence-corrected chi connectivity index (χ2v) is 3.50. The maximum atomic E-state index is 3.92. The Morgan fingerprint density at radius 2 is 1.80 bits per heavy atom. The number of H-pyrrole nitrogens is 1. The molecule has 2 rings (SSSR count). The highest BCUT2D eigenvalue weighted by Crippen LogP contribution is 2.07. The van der Waals surface area contributed by atoms with Crippen LogP contribution in [0.25, 0.3) is 0 Å². The van der Waals surface area contributed by atoms with Crippen LogP contribution in [-0.4, -0.2) is 20.6 Å². The van der Waals surface area contributed by atoms with Gasteiger partial charge in [0.25, 0.3) is 0 Å². The fourth-order valence-corrected chi connectivity index (χ4v) is 1.49. The minimum atomic E-state index is 0.773. The molecule has 0 saturated carbocycles. The summed E-state index contributed by atoms with van der Waals surface area (Å²) in [7, 11) is 0. The predicted molar refractivity (Wildman–Crippen MR) is 57.4 cm³/mol. The lowest BCUT2D eigenvalue weighted by Gasteiger charge is -2.00. The molecule has 0 aliphatic rings. The highest BCUT2D eigenvalue weighted by molar-refractivity contribution is 5.22. The van der Waals surface area contributed by atoms with E-state index in [4.69, 9.17) is 0 Å². The summed E-state index contributed by atoms with van der Waals surface area (Å²) in [4.78, 5) is 0. The van der Waals surface area contributed by atoms with Crippen molar-refractivity contribution < 1.29 is 0 Å². The first-order valence-corrected chi connectivity index (χ1v) is 5.18. The minimum absolute atomic E-state index is 0.773. The van der Waals surface area contributed by atoms with Crippen molar-refractivity contribution in [3.63, 3.8) is 0 Å². The number of nitrogens with zero attached hydrogens (tertiary/aromatic N) is 3. The summed E-state index contributed by atoms with van der Waals surface area (Å²) in [5.41, 5.74) is 2.69.